The molecule has 10 heteroatoms. The SMILES string of the molecule is CS(=O)(=O)Nc1cc(C(O)CNCCc2ccc(OCCOCc3cccc(C#N)c3)cc2)ccc1O. The third-order valence-electron chi connectivity index (χ3n) is 5.37. The molecule has 0 aromatic heterocycles. The molecule has 196 valence electrons. The van der Waals surface area contributed by atoms with Gasteiger partial charge in [0.05, 0.1) is 42.9 Å². The molecule has 37 heavy (non-hydrogen) atoms. The minimum atomic E-state index is -3.55. The second-order valence-electron chi connectivity index (χ2n) is 8.48. The number of rotatable bonds is 14. The van der Waals surface area contributed by atoms with Gasteiger partial charge in [-0.2, -0.15) is 5.26 Å². The molecule has 0 saturated heterocycles. The topological polar surface area (TPSA) is 141 Å². The second kappa shape index (κ2) is 13.6. The first-order chi connectivity index (χ1) is 17.7. The maximum atomic E-state index is 11.4. The Bertz CT molecular complexity index is 1310. The number of nitrogens with zero attached hydrogens (tertiary/aromatic N) is 1. The molecule has 3 aromatic carbocycles. The van der Waals surface area contributed by atoms with Gasteiger partial charge in [-0.25, -0.2) is 8.42 Å². The van der Waals surface area contributed by atoms with Crippen LogP contribution in [0.3, 0.4) is 0 Å². The van der Waals surface area contributed by atoms with Gasteiger partial charge in [0.15, 0.2) is 0 Å². The van der Waals surface area contributed by atoms with E-state index in [1.165, 1.54) is 12.1 Å². The Hall–Kier alpha value is -3.62. The lowest BCUT2D eigenvalue weighted by atomic mass is 10.1. The van der Waals surface area contributed by atoms with Gasteiger partial charge in [-0.05, 0) is 66.1 Å². The summed E-state index contributed by atoms with van der Waals surface area (Å²) in [5, 5.41) is 32.4. The fourth-order valence-electron chi connectivity index (χ4n) is 3.52. The van der Waals surface area contributed by atoms with E-state index < -0.39 is 16.1 Å². The van der Waals surface area contributed by atoms with E-state index in [2.05, 4.69) is 16.1 Å². The number of benzene rings is 3. The molecule has 0 aliphatic rings. The molecule has 0 heterocycles. The fraction of sp³-hybridized carbons (Fsp3) is 0.296. The number of phenols is 1. The number of anilines is 1. The maximum absolute atomic E-state index is 11.4. The van der Waals surface area contributed by atoms with Crippen molar-refractivity contribution >= 4 is 15.7 Å². The third-order valence-corrected chi connectivity index (χ3v) is 5.96. The van der Waals surface area contributed by atoms with Crippen molar-refractivity contribution in [2.24, 2.45) is 0 Å². The number of aromatic hydroxyl groups is 1. The first kappa shape index (κ1) is 28.0. The largest absolute Gasteiger partial charge is 0.506 e. The molecule has 0 aliphatic carbocycles. The Kier molecular flexibility index (Phi) is 10.3. The summed E-state index contributed by atoms with van der Waals surface area (Å²) in [6, 6.07) is 21.5. The molecule has 9 nitrogen and oxygen atoms in total. The van der Waals surface area contributed by atoms with Gasteiger partial charge in [0.1, 0.15) is 18.1 Å². The number of phenolic OH excluding ortho intramolecular Hbond substituents is 1. The van der Waals surface area contributed by atoms with Gasteiger partial charge in [-0.3, -0.25) is 4.72 Å². The van der Waals surface area contributed by atoms with Gasteiger partial charge in [0.2, 0.25) is 10.0 Å². The molecule has 0 spiro atoms. The Morgan fingerprint density at radius 2 is 1.81 bits per heavy atom. The van der Waals surface area contributed by atoms with Crippen molar-refractivity contribution in [3.8, 4) is 17.6 Å². The van der Waals surface area contributed by atoms with E-state index in [1.54, 1.807) is 18.2 Å². The molecular weight excluding hydrogens is 494 g/mol. The van der Waals surface area contributed by atoms with Gasteiger partial charge in [0.25, 0.3) is 0 Å². The third kappa shape index (κ3) is 9.74. The molecule has 0 saturated carbocycles. The molecule has 1 atom stereocenters. The van der Waals surface area contributed by atoms with Gasteiger partial charge in [-0.15, -0.1) is 0 Å². The highest BCUT2D eigenvalue weighted by Crippen LogP contribution is 2.27. The number of sulfonamides is 1. The molecule has 0 aliphatic heterocycles. The smallest absolute Gasteiger partial charge is 0.229 e. The number of nitrogens with one attached hydrogen (secondary N) is 2. The normalized spacial score (nSPS) is 12.0. The average molecular weight is 526 g/mol. The van der Waals surface area contributed by atoms with Crippen molar-refractivity contribution in [3.05, 3.63) is 89.0 Å². The molecule has 4 N–H and O–H groups in total. The highest BCUT2D eigenvalue weighted by molar-refractivity contribution is 7.92. The van der Waals surface area contributed by atoms with Crippen LogP contribution in [-0.4, -0.2) is 51.2 Å². The van der Waals surface area contributed by atoms with Crippen LogP contribution < -0.4 is 14.8 Å². The highest BCUT2D eigenvalue weighted by Gasteiger charge is 2.13. The summed E-state index contributed by atoms with van der Waals surface area (Å²) in [5.74, 6) is 0.532. The van der Waals surface area contributed by atoms with Crippen LogP contribution in [0.4, 0.5) is 5.69 Å². The lowest BCUT2D eigenvalue weighted by Crippen LogP contribution is -2.24. The van der Waals surface area contributed by atoms with Crippen molar-refractivity contribution in [3.63, 3.8) is 0 Å². The molecule has 0 radical (unpaired) electrons. The Morgan fingerprint density at radius 3 is 2.54 bits per heavy atom. The lowest BCUT2D eigenvalue weighted by Gasteiger charge is -2.15. The van der Waals surface area contributed by atoms with Crippen LogP contribution in [0.25, 0.3) is 0 Å². The summed E-state index contributed by atoms with van der Waals surface area (Å²) in [5.41, 5.74) is 3.17. The summed E-state index contributed by atoms with van der Waals surface area (Å²) in [7, 11) is -3.55. The maximum Gasteiger partial charge on any atom is 0.229 e. The predicted octanol–water partition coefficient (Wildman–Crippen LogP) is 3.10. The van der Waals surface area contributed by atoms with E-state index in [0.717, 1.165) is 29.6 Å². The van der Waals surface area contributed by atoms with Gasteiger partial charge in [0, 0.05) is 6.54 Å². The molecule has 3 rings (SSSR count). The van der Waals surface area contributed by atoms with Crippen LogP contribution in [0, 0.1) is 11.3 Å². The predicted molar refractivity (Wildman–Crippen MR) is 141 cm³/mol. The van der Waals surface area contributed by atoms with Crippen LogP contribution in [0.1, 0.15) is 28.4 Å². The molecular formula is C27H31N3O6S. The van der Waals surface area contributed by atoms with Gasteiger partial charge < -0.3 is 25.0 Å². The number of aliphatic hydroxyl groups excluding tert-OH is 1. The summed E-state index contributed by atoms with van der Waals surface area (Å²) in [4.78, 5) is 0. The van der Waals surface area contributed by atoms with Gasteiger partial charge >= 0.3 is 0 Å². The fourth-order valence-corrected chi connectivity index (χ4v) is 4.09. The zero-order chi connectivity index (χ0) is 26.7. The zero-order valence-corrected chi connectivity index (χ0v) is 21.4. The van der Waals surface area contributed by atoms with Crippen LogP contribution in [-0.2, 0) is 27.8 Å². The first-order valence-corrected chi connectivity index (χ1v) is 13.6. The molecule has 3 aromatic rings. The van der Waals surface area contributed by atoms with Crippen LogP contribution in [0.2, 0.25) is 0 Å². The van der Waals surface area contributed by atoms with E-state index in [4.69, 9.17) is 14.7 Å². The highest BCUT2D eigenvalue weighted by atomic mass is 32.2. The van der Waals surface area contributed by atoms with Crippen LogP contribution in [0.15, 0.2) is 66.7 Å². The van der Waals surface area contributed by atoms with E-state index in [9.17, 15) is 18.6 Å². The quantitative estimate of drug-likeness (QED) is 0.186. The van der Waals surface area contributed by atoms with Crippen molar-refractivity contribution in [1.29, 1.82) is 5.26 Å². The van der Waals surface area contributed by atoms with Crippen molar-refractivity contribution in [2.75, 3.05) is 37.3 Å². The van der Waals surface area contributed by atoms with E-state index >= 15 is 0 Å². The van der Waals surface area contributed by atoms with Crippen molar-refractivity contribution in [2.45, 2.75) is 19.1 Å². The van der Waals surface area contributed by atoms with Crippen molar-refractivity contribution in [1.82, 2.24) is 5.32 Å². The Balaban J connectivity index is 1.34. The van der Waals surface area contributed by atoms with Crippen LogP contribution in [0.5, 0.6) is 11.5 Å². The Labute approximate surface area is 217 Å². The standard InChI is InChI=1S/C27H31N3O6S/c1-37(33,34)30-25-16-23(7-10-26(25)31)27(32)18-29-12-11-20-5-8-24(9-6-20)36-14-13-35-19-22-4-2-3-21(15-22)17-28/h2-10,15-16,27,29-32H,11-14,18-19H2,1H3. The first-order valence-electron chi connectivity index (χ1n) is 11.7. The van der Waals surface area contributed by atoms with E-state index in [1.807, 2.05) is 36.4 Å². The minimum Gasteiger partial charge on any atom is -0.506 e. The second-order valence-corrected chi connectivity index (χ2v) is 10.2. The summed E-state index contributed by atoms with van der Waals surface area (Å²) >= 11 is 0. The number of aliphatic hydroxyl groups is 1. The Morgan fingerprint density at radius 1 is 1.03 bits per heavy atom. The number of hydrogen-bond donors (Lipinski definition) is 4. The van der Waals surface area contributed by atoms with Crippen molar-refractivity contribution < 1.29 is 28.1 Å². The number of ether oxygens (including phenoxy) is 2. The van der Waals surface area contributed by atoms with E-state index in [0.29, 0.717) is 37.5 Å². The number of hydrogen-bond acceptors (Lipinski definition) is 8. The summed E-state index contributed by atoms with van der Waals surface area (Å²) < 4.78 is 36.4. The molecule has 0 bridgehead atoms. The van der Waals surface area contributed by atoms with Gasteiger partial charge in [-0.1, -0.05) is 30.3 Å². The monoisotopic (exact) mass is 525 g/mol. The molecule has 1 unspecified atom stereocenters. The molecule has 0 amide bonds. The lowest BCUT2D eigenvalue weighted by molar-refractivity contribution is 0.0889. The summed E-state index contributed by atoms with van der Waals surface area (Å²) in [6.45, 7) is 2.16. The average Bonchev–Trinajstić information content (AvgIpc) is 2.87. The molecule has 0 fully saturated rings. The van der Waals surface area contributed by atoms with E-state index in [-0.39, 0.29) is 18.0 Å². The van der Waals surface area contributed by atoms with Crippen LogP contribution >= 0.6 is 0 Å². The summed E-state index contributed by atoms with van der Waals surface area (Å²) in [6.07, 6.45) is 0.868. The minimum absolute atomic E-state index is 0.0262. The number of nitriles is 1. The zero-order valence-electron chi connectivity index (χ0n) is 20.6.